The number of aryl methyl sites for hydroxylation is 1. The van der Waals surface area contributed by atoms with E-state index >= 15 is 0 Å². The van der Waals surface area contributed by atoms with Crippen LogP contribution < -0.4 is 19.8 Å². The molecule has 0 aliphatic heterocycles. The number of sulfonamides is 1. The molecule has 4 rings (SSSR count). The van der Waals surface area contributed by atoms with Gasteiger partial charge in [0.1, 0.15) is 23.8 Å². The van der Waals surface area contributed by atoms with Crippen molar-refractivity contribution in [1.29, 1.82) is 0 Å². The molecular formula is C24H23FN4O6S. The number of pyridine rings is 2. The maximum absolute atomic E-state index is 13.7. The molecular weight excluding hydrogens is 491 g/mol. The molecule has 0 saturated carbocycles. The Morgan fingerprint density at radius 3 is 2.58 bits per heavy atom. The van der Waals surface area contributed by atoms with Crippen LogP contribution in [-0.4, -0.2) is 50.2 Å². The van der Waals surface area contributed by atoms with Gasteiger partial charge in [-0.25, -0.2) is 22.8 Å². The van der Waals surface area contributed by atoms with Crippen molar-refractivity contribution in [2.75, 3.05) is 32.2 Å². The van der Waals surface area contributed by atoms with E-state index in [2.05, 4.69) is 14.7 Å². The van der Waals surface area contributed by atoms with E-state index in [1.807, 2.05) is 0 Å². The third-order valence-corrected chi connectivity index (χ3v) is 6.78. The first-order valence-electron chi connectivity index (χ1n) is 10.7. The van der Waals surface area contributed by atoms with E-state index in [1.165, 1.54) is 49.2 Å². The Bertz CT molecular complexity index is 1590. The number of aromatic nitrogens is 3. The quantitative estimate of drug-likeness (QED) is 0.339. The summed E-state index contributed by atoms with van der Waals surface area (Å²) in [6.07, 6.45) is 4.37. The highest BCUT2D eigenvalue weighted by atomic mass is 32.2. The highest BCUT2D eigenvalue weighted by Gasteiger charge is 2.21. The molecule has 0 amide bonds. The van der Waals surface area contributed by atoms with Crippen molar-refractivity contribution in [2.24, 2.45) is 0 Å². The molecule has 0 aliphatic rings. The normalized spacial score (nSPS) is 11.4. The maximum atomic E-state index is 13.7. The fourth-order valence-electron chi connectivity index (χ4n) is 3.47. The number of halogens is 1. The summed E-state index contributed by atoms with van der Waals surface area (Å²) in [5.41, 5.74) is 1.44. The largest absolute Gasteiger partial charge is 0.484 e. The van der Waals surface area contributed by atoms with E-state index in [0.29, 0.717) is 28.9 Å². The van der Waals surface area contributed by atoms with Crippen LogP contribution in [0.3, 0.4) is 0 Å². The Kier molecular flexibility index (Phi) is 7.17. The van der Waals surface area contributed by atoms with Crippen LogP contribution in [0.1, 0.15) is 5.56 Å². The lowest BCUT2D eigenvalue weighted by Gasteiger charge is -2.14. The summed E-state index contributed by atoms with van der Waals surface area (Å²) in [6.45, 7) is 2.07. The van der Waals surface area contributed by atoms with Gasteiger partial charge in [-0.05, 0) is 42.8 Å². The molecule has 0 unspecified atom stereocenters. The molecule has 188 valence electrons. The second-order valence-electron chi connectivity index (χ2n) is 7.71. The van der Waals surface area contributed by atoms with E-state index in [9.17, 15) is 17.6 Å². The fraction of sp³-hybridized carbons (Fsp3) is 0.208. The first kappa shape index (κ1) is 25.1. The van der Waals surface area contributed by atoms with Gasteiger partial charge in [0.15, 0.2) is 0 Å². The molecule has 0 bridgehead atoms. The van der Waals surface area contributed by atoms with Crippen LogP contribution in [-0.2, 0) is 14.8 Å². The second-order valence-corrected chi connectivity index (χ2v) is 9.36. The molecule has 3 aromatic heterocycles. The van der Waals surface area contributed by atoms with E-state index < -0.39 is 21.4 Å². The molecule has 12 heteroatoms. The number of anilines is 1. The number of methoxy groups -OCH3 is 2. The summed E-state index contributed by atoms with van der Waals surface area (Å²) >= 11 is 0. The summed E-state index contributed by atoms with van der Waals surface area (Å²) in [5, 5.41) is 0. The van der Waals surface area contributed by atoms with Gasteiger partial charge in [-0.1, -0.05) is 6.07 Å². The molecule has 1 aromatic carbocycles. The SMILES string of the molecule is COCCOc1cnc2ccc(-c3cnc(OC)c(NS(=O)(=O)c4cc(F)ccc4C)c3)cn2c1=O. The summed E-state index contributed by atoms with van der Waals surface area (Å²) in [7, 11) is -1.29. The monoisotopic (exact) mass is 514 g/mol. The van der Waals surface area contributed by atoms with Gasteiger partial charge < -0.3 is 14.2 Å². The Morgan fingerprint density at radius 2 is 1.83 bits per heavy atom. The van der Waals surface area contributed by atoms with Crippen molar-refractivity contribution in [2.45, 2.75) is 11.8 Å². The van der Waals surface area contributed by atoms with Gasteiger partial charge in [0.05, 0.1) is 24.8 Å². The van der Waals surface area contributed by atoms with Crippen molar-refractivity contribution in [3.63, 3.8) is 0 Å². The minimum atomic E-state index is -4.16. The second kappa shape index (κ2) is 10.3. The van der Waals surface area contributed by atoms with Crippen LogP contribution in [0.4, 0.5) is 10.1 Å². The zero-order valence-corrected chi connectivity index (χ0v) is 20.5. The number of rotatable bonds is 9. The van der Waals surface area contributed by atoms with E-state index in [1.54, 1.807) is 25.3 Å². The molecule has 0 radical (unpaired) electrons. The maximum Gasteiger partial charge on any atom is 0.300 e. The Morgan fingerprint density at radius 1 is 1.03 bits per heavy atom. The van der Waals surface area contributed by atoms with Crippen LogP contribution in [0, 0.1) is 12.7 Å². The van der Waals surface area contributed by atoms with Crippen LogP contribution in [0.2, 0.25) is 0 Å². The summed E-state index contributed by atoms with van der Waals surface area (Å²) in [4.78, 5) is 21.1. The molecule has 0 atom stereocenters. The van der Waals surface area contributed by atoms with E-state index in [-0.39, 0.29) is 28.8 Å². The number of benzene rings is 1. The van der Waals surface area contributed by atoms with Gasteiger partial charge in [0, 0.05) is 30.6 Å². The highest BCUT2D eigenvalue weighted by Crippen LogP contribution is 2.31. The summed E-state index contributed by atoms with van der Waals surface area (Å²) < 4.78 is 59.1. The van der Waals surface area contributed by atoms with Crippen molar-refractivity contribution in [1.82, 2.24) is 14.4 Å². The molecule has 36 heavy (non-hydrogen) atoms. The molecule has 0 aliphatic carbocycles. The van der Waals surface area contributed by atoms with Gasteiger partial charge in [0.2, 0.25) is 11.6 Å². The average molecular weight is 515 g/mol. The van der Waals surface area contributed by atoms with Crippen molar-refractivity contribution >= 4 is 21.4 Å². The van der Waals surface area contributed by atoms with E-state index in [0.717, 1.165) is 6.07 Å². The lowest BCUT2D eigenvalue weighted by Crippen LogP contribution is -2.19. The van der Waals surface area contributed by atoms with Gasteiger partial charge >= 0.3 is 0 Å². The molecule has 1 N–H and O–H groups in total. The Balaban J connectivity index is 1.73. The lowest BCUT2D eigenvalue weighted by atomic mass is 10.1. The minimum Gasteiger partial charge on any atom is -0.484 e. The van der Waals surface area contributed by atoms with E-state index in [4.69, 9.17) is 14.2 Å². The first-order chi connectivity index (χ1) is 17.2. The van der Waals surface area contributed by atoms with Crippen molar-refractivity contribution in [3.8, 4) is 22.8 Å². The summed E-state index contributed by atoms with van der Waals surface area (Å²) in [6, 6.07) is 8.37. The number of nitrogens with one attached hydrogen (secondary N) is 1. The Hall–Kier alpha value is -4.03. The minimum absolute atomic E-state index is 0.0184. The molecule has 4 aromatic rings. The van der Waals surface area contributed by atoms with Gasteiger partial charge in [-0.2, -0.15) is 0 Å². The predicted molar refractivity (Wildman–Crippen MR) is 131 cm³/mol. The van der Waals surface area contributed by atoms with Gasteiger partial charge in [0.25, 0.3) is 15.6 Å². The number of fused-ring (bicyclic) bond motifs is 1. The first-order valence-corrected chi connectivity index (χ1v) is 12.2. The van der Waals surface area contributed by atoms with Crippen LogP contribution in [0.15, 0.2) is 64.7 Å². The summed E-state index contributed by atoms with van der Waals surface area (Å²) in [5.74, 6) is -0.598. The topological polar surface area (TPSA) is 121 Å². The molecule has 0 fully saturated rings. The van der Waals surface area contributed by atoms with Crippen LogP contribution >= 0.6 is 0 Å². The molecule has 3 heterocycles. The van der Waals surface area contributed by atoms with Gasteiger partial charge in [-0.15, -0.1) is 0 Å². The smallest absolute Gasteiger partial charge is 0.300 e. The van der Waals surface area contributed by atoms with Gasteiger partial charge in [-0.3, -0.25) is 13.9 Å². The molecule has 10 nitrogen and oxygen atoms in total. The fourth-order valence-corrected chi connectivity index (χ4v) is 4.78. The number of hydrogen-bond donors (Lipinski definition) is 1. The van der Waals surface area contributed by atoms with Crippen LogP contribution in [0.5, 0.6) is 11.6 Å². The Labute approximate surface area is 206 Å². The third kappa shape index (κ3) is 5.14. The lowest BCUT2D eigenvalue weighted by molar-refractivity contribution is 0.145. The van der Waals surface area contributed by atoms with Crippen molar-refractivity contribution in [3.05, 3.63) is 76.7 Å². The number of nitrogens with zero attached hydrogens (tertiary/aromatic N) is 3. The molecule has 0 saturated heterocycles. The van der Waals surface area contributed by atoms with Crippen LogP contribution in [0.25, 0.3) is 16.8 Å². The number of hydrogen-bond acceptors (Lipinski definition) is 8. The van der Waals surface area contributed by atoms with Crippen molar-refractivity contribution < 1.29 is 27.0 Å². The highest BCUT2D eigenvalue weighted by molar-refractivity contribution is 7.92. The molecule has 0 spiro atoms. The predicted octanol–water partition coefficient (Wildman–Crippen LogP) is 3.04. The zero-order valence-electron chi connectivity index (χ0n) is 19.7. The standard InChI is InChI=1S/C24H23FN4O6S/c1-15-4-6-18(25)11-21(15)36(31,32)28-19-10-17(12-27-23(19)34-3)16-5-7-22-26-13-20(35-9-8-33-2)24(30)29(22)14-16/h4-7,10-14,28H,8-9H2,1-3H3. The third-order valence-electron chi connectivity index (χ3n) is 5.28. The zero-order chi connectivity index (χ0) is 25.9. The number of ether oxygens (including phenoxy) is 3. The average Bonchev–Trinajstić information content (AvgIpc) is 2.86.